The van der Waals surface area contributed by atoms with Gasteiger partial charge in [0, 0.05) is 5.56 Å². The van der Waals surface area contributed by atoms with E-state index in [0.29, 0.717) is 17.2 Å². The topological polar surface area (TPSA) is 29.5 Å². The summed E-state index contributed by atoms with van der Waals surface area (Å²) in [5.41, 5.74) is 1.68. The minimum atomic E-state index is -0.782. The maximum Gasteiger partial charge on any atom is 0.168 e. The van der Waals surface area contributed by atoms with Crippen LogP contribution in [0.15, 0.2) is 42.5 Å². The minimum absolute atomic E-state index is 0.0868. The molecular formula is C18H21FO2. The molecule has 0 saturated heterocycles. The van der Waals surface area contributed by atoms with Crippen molar-refractivity contribution in [3.8, 4) is 11.5 Å². The van der Waals surface area contributed by atoms with Crippen LogP contribution >= 0.6 is 0 Å². The SMILES string of the molecule is CCC(C)c1ccc(Oc2c(F)cccc2[C@@H](C)O)cc1. The van der Waals surface area contributed by atoms with Gasteiger partial charge in [0.2, 0.25) is 0 Å². The molecule has 0 saturated carbocycles. The Morgan fingerprint density at radius 2 is 1.76 bits per heavy atom. The number of aliphatic hydroxyl groups excluding tert-OH is 1. The molecule has 0 spiro atoms. The van der Waals surface area contributed by atoms with E-state index in [2.05, 4.69) is 13.8 Å². The predicted octanol–water partition coefficient (Wildman–Crippen LogP) is 5.18. The molecule has 0 aromatic heterocycles. The summed E-state index contributed by atoms with van der Waals surface area (Å²) in [5, 5.41) is 9.71. The molecule has 21 heavy (non-hydrogen) atoms. The zero-order chi connectivity index (χ0) is 15.4. The Morgan fingerprint density at radius 3 is 2.33 bits per heavy atom. The van der Waals surface area contributed by atoms with Crippen molar-refractivity contribution in [1.82, 2.24) is 0 Å². The second-order valence-electron chi connectivity index (χ2n) is 5.31. The van der Waals surface area contributed by atoms with Crippen molar-refractivity contribution in [2.24, 2.45) is 0 Å². The second kappa shape index (κ2) is 6.72. The average molecular weight is 288 g/mol. The largest absolute Gasteiger partial charge is 0.454 e. The lowest BCUT2D eigenvalue weighted by molar-refractivity contribution is 0.194. The Kier molecular flexibility index (Phi) is 4.97. The van der Waals surface area contributed by atoms with Crippen molar-refractivity contribution in [3.05, 3.63) is 59.4 Å². The molecule has 112 valence electrons. The number of rotatable bonds is 5. The molecule has 2 atom stereocenters. The molecule has 0 amide bonds. The smallest absolute Gasteiger partial charge is 0.168 e. The third-order valence-corrected chi connectivity index (χ3v) is 3.73. The van der Waals surface area contributed by atoms with Crippen LogP contribution in [0.25, 0.3) is 0 Å². The third kappa shape index (κ3) is 3.61. The van der Waals surface area contributed by atoms with Crippen LogP contribution in [-0.2, 0) is 0 Å². The highest BCUT2D eigenvalue weighted by Crippen LogP contribution is 2.32. The molecule has 1 N–H and O–H groups in total. The number of halogens is 1. The first-order chi connectivity index (χ1) is 10.0. The summed E-state index contributed by atoms with van der Waals surface area (Å²) in [4.78, 5) is 0. The van der Waals surface area contributed by atoms with Crippen LogP contribution in [0.3, 0.4) is 0 Å². The average Bonchev–Trinajstić information content (AvgIpc) is 2.49. The first-order valence-corrected chi connectivity index (χ1v) is 7.27. The van der Waals surface area contributed by atoms with Gasteiger partial charge in [-0.1, -0.05) is 38.1 Å². The van der Waals surface area contributed by atoms with E-state index in [0.717, 1.165) is 6.42 Å². The van der Waals surface area contributed by atoms with Gasteiger partial charge in [0.05, 0.1) is 6.10 Å². The van der Waals surface area contributed by atoms with Gasteiger partial charge in [0.15, 0.2) is 11.6 Å². The summed E-state index contributed by atoms with van der Waals surface area (Å²) < 4.78 is 19.6. The first-order valence-electron chi connectivity index (χ1n) is 7.27. The molecule has 0 aliphatic heterocycles. The fourth-order valence-corrected chi connectivity index (χ4v) is 2.18. The molecule has 2 aromatic carbocycles. The number of aliphatic hydroxyl groups is 1. The molecule has 0 bridgehead atoms. The lowest BCUT2D eigenvalue weighted by atomic mass is 9.99. The van der Waals surface area contributed by atoms with Crippen LogP contribution in [-0.4, -0.2) is 5.11 Å². The maximum absolute atomic E-state index is 13.9. The van der Waals surface area contributed by atoms with Crippen LogP contribution in [0.1, 0.15) is 50.3 Å². The lowest BCUT2D eigenvalue weighted by Gasteiger charge is -2.15. The van der Waals surface area contributed by atoms with Gasteiger partial charge in [-0.25, -0.2) is 4.39 Å². The molecular weight excluding hydrogens is 267 g/mol. The third-order valence-electron chi connectivity index (χ3n) is 3.73. The summed E-state index contributed by atoms with van der Waals surface area (Å²) in [6, 6.07) is 12.2. The van der Waals surface area contributed by atoms with Crippen LogP contribution < -0.4 is 4.74 Å². The van der Waals surface area contributed by atoms with Gasteiger partial charge in [-0.15, -0.1) is 0 Å². The Balaban J connectivity index is 2.26. The van der Waals surface area contributed by atoms with E-state index in [1.54, 1.807) is 19.1 Å². The summed E-state index contributed by atoms with van der Waals surface area (Å²) >= 11 is 0. The number of hydrogen-bond acceptors (Lipinski definition) is 2. The van der Waals surface area contributed by atoms with Crippen molar-refractivity contribution >= 4 is 0 Å². The van der Waals surface area contributed by atoms with E-state index in [4.69, 9.17) is 4.74 Å². The van der Waals surface area contributed by atoms with Gasteiger partial charge in [-0.3, -0.25) is 0 Å². The molecule has 2 rings (SSSR count). The van der Waals surface area contributed by atoms with Crippen molar-refractivity contribution in [2.75, 3.05) is 0 Å². The highest BCUT2D eigenvalue weighted by atomic mass is 19.1. The zero-order valence-electron chi connectivity index (χ0n) is 12.6. The Hall–Kier alpha value is -1.87. The fraction of sp³-hybridized carbons (Fsp3) is 0.333. The molecule has 0 aliphatic carbocycles. The second-order valence-corrected chi connectivity index (χ2v) is 5.31. The molecule has 3 heteroatoms. The van der Waals surface area contributed by atoms with Gasteiger partial charge in [-0.2, -0.15) is 0 Å². The quantitative estimate of drug-likeness (QED) is 0.821. The Labute approximate surface area is 125 Å². The number of hydrogen-bond donors (Lipinski definition) is 1. The van der Waals surface area contributed by atoms with Gasteiger partial charge >= 0.3 is 0 Å². The van der Waals surface area contributed by atoms with E-state index < -0.39 is 11.9 Å². The highest BCUT2D eigenvalue weighted by molar-refractivity contribution is 5.41. The van der Waals surface area contributed by atoms with Gasteiger partial charge in [0.25, 0.3) is 0 Å². The van der Waals surface area contributed by atoms with E-state index in [1.807, 2.05) is 24.3 Å². The molecule has 2 aromatic rings. The van der Waals surface area contributed by atoms with Crippen molar-refractivity contribution < 1.29 is 14.2 Å². The molecule has 0 radical (unpaired) electrons. The molecule has 1 unspecified atom stereocenters. The van der Waals surface area contributed by atoms with Crippen molar-refractivity contribution in [3.63, 3.8) is 0 Å². The minimum Gasteiger partial charge on any atom is -0.454 e. The van der Waals surface area contributed by atoms with Gasteiger partial charge < -0.3 is 9.84 Å². The standard InChI is InChI=1S/C18H21FO2/c1-4-12(2)14-8-10-15(11-9-14)21-18-16(13(3)20)6-5-7-17(18)19/h5-13,20H,4H2,1-3H3/t12?,13-/m1/s1. The molecule has 0 heterocycles. The number of para-hydroxylation sites is 1. The maximum atomic E-state index is 13.9. The predicted molar refractivity (Wildman–Crippen MR) is 82.3 cm³/mol. The molecule has 0 aliphatic rings. The van der Waals surface area contributed by atoms with Gasteiger partial charge in [-0.05, 0) is 43.0 Å². The first kappa shape index (κ1) is 15.5. The highest BCUT2D eigenvalue weighted by Gasteiger charge is 2.14. The number of ether oxygens (including phenoxy) is 1. The van der Waals surface area contributed by atoms with Crippen LogP contribution in [0.5, 0.6) is 11.5 Å². The van der Waals surface area contributed by atoms with Crippen molar-refractivity contribution in [1.29, 1.82) is 0 Å². The number of benzene rings is 2. The summed E-state index contributed by atoms with van der Waals surface area (Å²) in [6.45, 7) is 5.90. The summed E-state index contributed by atoms with van der Waals surface area (Å²) in [5.74, 6) is 0.665. The summed E-state index contributed by atoms with van der Waals surface area (Å²) in [6.07, 6.45) is 0.287. The van der Waals surface area contributed by atoms with Gasteiger partial charge in [0.1, 0.15) is 5.75 Å². The molecule has 2 nitrogen and oxygen atoms in total. The van der Waals surface area contributed by atoms with E-state index >= 15 is 0 Å². The lowest BCUT2D eigenvalue weighted by Crippen LogP contribution is -1.99. The van der Waals surface area contributed by atoms with E-state index in [9.17, 15) is 9.50 Å². The Bertz CT molecular complexity index is 591. The normalized spacial score (nSPS) is 13.8. The molecule has 0 fully saturated rings. The monoisotopic (exact) mass is 288 g/mol. The van der Waals surface area contributed by atoms with E-state index in [-0.39, 0.29) is 5.75 Å². The van der Waals surface area contributed by atoms with Crippen LogP contribution in [0.2, 0.25) is 0 Å². The van der Waals surface area contributed by atoms with Crippen LogP contribution in [0.4, 0.5) is 4.39 Å². The zero-order valence-corrected chi connectivity index (χ0v) is 12.6. The van der Waals surface area contributed by atoms with E-state index in [1.165, 1.54) is 11.6 Å². The Morgan fingerprint density at radius 1 is 1.10 bits per heavy atom. The van der Waals surface area contributed by atoms with Crippen molar-refractivity contribution in [2.45, 2.75) is 39.2 Å². The van der Waals surface area contributed by atoms with Crippen LogP contribution in [0, 0.1) is 5.82 Å². The summed E-state index contributed by atoms with van der Waals surface area (Å²) in [7, 11) is 0. The fourth-order valence-electron chi connectivity index (χ4n) is 2.18.